The highest BCUT2D eigenvalue weighted by atomic mass is 16.6. The lowest BCUT2D eigenvalue weighted by Crippen LogP contribution is -1.87. The van der Waals surface area contributed by atoms with Crippen molar-refractivity contribution in [1.29, 1.82) is 0 Å². The number of ether oxygens (including phenoxy) is 1. The molecule has 5 heteroatoms. The number of rotatable bonds is 3. The molecule has 2 rings (SSSR count). The van der Waals surface area contributed by atoms with E-state index in [1.807, 2.05) is 12.1 Å². The summed E-state index contributed by atoms with van der Waals surface area (Å²) in [6.07, 6.45) is 3.98. The zero-order valence-corrected chi connectivity index (χ0v) is 9.16. The lowest BCUT2D eigenvalue weighted by Gasteiger charge is -2.03. The highest BCUT2D eigenvalue weighted by Gasteiger charge is 2.02. The van der Waals surface area contributed by atoms with Crippen LogP contribution in [-0.2, 0) is 0 Å². The van der Waals surface area contributed by atoms with E-state index in [4.69, 9.17) is 4.74 Å². The quantitative estimate of drug-likeness (QED) is 0.600. The smallest absolute Gasteiger partial charge is 0.235 e. The Labute approximate surface area is 97.5 Å². The Morgan fingerprint density at radius 3 is 2.94 bits per heavy atom. The first kappa shape index (κ1) is 11.1. The molecule has 1 heterocycles. The summed E-state index contributed by atoms with van der Waals surface area (Å²) in [5, 5.41) is 11.1. The van der Waals surface area contributed by atoms with Gasteiger partial charge in [-0.15, -0.1) is 0 Å². The summed E-state index contributed by atoms with van der Waals surface area (Å²) in [5.41, 5.74) is 1.52. The van der Waals surface area contributed by atoms with Gasteiger partial charge in [0.1, 0.15) is 5.75 Å². The van der Waals surface area contributed by atoms with Crippen LogP contribution >= 0.6 is 0 Å². The molecule has 0 saturated carbocycles. The molecule has 0 radical (unpaired) electrons. The topological polar surface area (TPSA) is 65.3 Å². The molecule has 0 saturated heterocycles. The fourth-order valence-electron chi connectivity index (χ4n) is 1.56. The van der Waals surface area contributed by atoms with E-state index in [2.05, 4.69) is 4.98 Å². The van der Waals surface area contributed by atoms with Crippen LogP contribution in [0.25, 0.3) is 17.0 Å². The first-order valence-corrected chi connectivity index (χ1v) is 4.95. The van der Waals surface area contributed by atoms with Crippen molar-refractivity contribution in [2.45, 2.75) is 0 Å². The molecule has 0 atom stereocenters. The van der Waals surface area contributed by atoms with Gasteiger partial charge >= 0.3 is 0 Å². The van der Waals surface area contributed by atoms with Gasteiger partial charge in [-0.2, -0.15) is 0 Å². The second-order valence-electron chi connectivity index (χ2n) is 3.38. The zero-order chi connectivity index (χ0) is 12.3. The first-order chi connectivity index (χ1) is 8.20. The number of hydrogen-bond acceptors (Lipinski definition) is 4. The van der Waals surface area contributed by atoms with E-state index >= 15 is 0 Å². The van der Waals surface area contributed by atoms with Crippen molar-refractivity contribution in [2.24, 2.45) is 0 Å². The van der Waals surface area contributed by atoms with Crippen molar-refractivity contribution in [3.8, 4) is 5.75 Å². The zero-order valence-electron chi connectivity index (χ0n) is 9.16. The van der Waals surface area contributed by atoms with E-state index in [0.717, 1.165) is 22.7 Å². The largest absolute Gasteiger partial charge is 0.497 e. The minimum atomic E-state index is -0.494. The van der Waals surface area contributed by atoms with Crippen LogP contribution in [0.5, 0.6) is 5.75 Å². The molecule has 1 aromatic heterocycles. The normalized spacial score (nSPS) is 10.9. The molecule has 1 aromatic carbocycles. The minimum absolute atomic E-state index is 0.494. The van der Waals surface area contributed by atoms with Gasteiger partial charge in [0, 0.05) is 17.7 Å². The molecule has 0 N–H and O–H groups in total. The molecule has 0 bridgehead atoms. The SMILES string of the molecule is COc1ccc2nccc(/C=C/[N+](=O)[O-])c2c1. The van der Waals surface area contributed by atoms with Crippen LogP contribution in [0.4, 0.5) is 0 Å². The van der Waals surface area contributed by atoms with Crippen LogP contribution in [0.15, 0.2) is 36.7 Å². The van der Waals surface area contributed by atoms with Crippen molar-refractivity contribution < 1.29 is 9.66 Å². The summed E-state index contributed by atoms with van der Waals surface area (Å²) in [7, 11) is 1.57. The molecule has 0 spiro atoms. The van der Waals surface area contributed by atoms with Crippen LogP contribution in [0.1, 0.15) is 5.56 Å². The van der Waals surface area contributed by atoms with Gasteiger partial charge in [0.15, 0.2) is 0 Å². The lowest BCUT2D eigenvalue weighted by atomic mass is 10.1. The fraction of sp³-hybridized carbons (Fsp3) is 0.0833. The van der Waals surface area contributed by atoms with Crippen LogP contribution < -0.4 is 4.74 Å². The number of nitro groups is 1. The molecular formula is C12H10N2O3. The monoisotopic (exact) mass is 230 g/mol. The average Bonchev–Trinajstić information content (AvgIpc) is 2.35. The van der Waals surface area contributed by atoms with Gasteiger partial charge in [0.05, 0.1) is 17.5 Å². The maximum atomic E-state index is 10.3. The Hall–Kier alpha value is -2.43. The Balaban J connectivity index is 2.58. The van der Waals surface area contributed by atoms with Crippen molar-refractivity contribution >= 4 is 17.0 Å². The van der Waals surface area contributed by atoms with Gasteiger partial charge in [-0.3, -0.25) is 15.1 Å². The second-order valence-corrected chi connectivity index (χ2v) is 3.38. The van der Waals surface area contributed by atoms with E-state index in [9.17, 15) is 10.1 Å². The van der Waals surface area contributed by atoms with E-state index in [1.165, 1.54) is 6.08 Å². The van der Waals surface area contributed by atoms with Gasteiger partial charge in [0.2, 0.25) is 6.20 Å². The Bertz CT molecular complexity index is 593. The number of nitrogens with zero attached hydrogens (tertiary/aromatic N) is 2. The maximum absolute atomic E-state index is 10.3. The van der Waals surface area contributed by atoms with Gasteiger partial charge in [-0.05, 0) is 29.8 Å². The molecule has 0 aliphatic rings. The Morgan fingerprint density at radius 1 is 1.41 bits per heavy atom. The van der Waals surface area contributed by atoms with Crippen LogP contribution in [0.3, 0.4) is 0 Å². The summed E-state index contributed by atoms with van der Waals surface area (Å²) >= 11 is 0. The number of fused-ring (bicyclic) bond motifs is 1. The first-order valence-electron chi connectivity index (χ1n) is 4.95. The molecule has 0 aliphatic heterocycles. The summed E-state index contributed by atoms with van der Waals surface area (Å²) in [4.78, 5) is 14.0. The highest BCUT2D eigenvalue weighted by Crippen LogP contribution is 2.23. The Morgan fingerprint density at radius 2 is 2.24 bits per heavy atom. The van der Waals surface area contributed by atoms with Crippen molar-refractivity contribution in [3.63, 3.8) is 0 Å². The number of benzene rings is 1. The van der Waals surface area contributed by atoms with Gasteiger partial charge < -0.3 is 4.74 Å². The molecule has 0 fully saturated rings. The molecule has 17 heavy (non-hydrogen) atoms. The number of aromatic nitrogens is 1. The maximum Gasteiger partial charge on any atom is 0.235 e. The van der Waals surface area contributed by atoms with Gasteiger partial charge in [-0.1, -0.05) is 0 Å². The predicted octanol–water partition coefficient (Wildman–Crippen LogP) is 2.49. The lowest BCUT2D eigenvalue weighted by molar-refractivity contribution is -0.400. The highest BCUT2D eigenvalue weighted by molar-refractivity contribution is 5.88. The summed E-state index contributed by atoms with van der Waals surface area (Å²) in [6.45, 7) is 0. The second kappa shape index (κ2) is 4.61. The van der Waals surface area contributed by atoms with Gasteiger partial charge in [0.25, 0.3) is 0 Å². The fourth-order valence-corrected chi connectivity index (χ4v) is 1.56. The van der Waals surface area contributed by atoms with E-state index in [-0.39, 0.29) is 0 Å². The molecule has 5 nitrogen and oxygen atoms in total. The van der Waals surface area contributed by atoms with E-state index in [0.29, 0.717) is 5.75 Å². The summed E-state index contributed by atoms with van der Waals surface area (Å²) in [6, 6.07) is 7.15. The molecule has 86 valence electrons. The summed E-state index contributed by atoms with van der Waals surface area (Å²) < 4.78 is 5.12. The third-order valence-corrected chi connectivity index (χ3v) is 2.36. The predicted molar refractivity (Wildman–Crippen MR) is 64.3 cm³/mol. The average molecular weight is 230 g/mol. The van der Waals surface area contributed by atoms with Gasteiger partial charge in [-0.25, -0.2) is 0 Å². The van der Waals surface area contributed by atoms with Crippen molar-refractivity contribution in [1.82, 2.24) is 4.98 Å². The number of methoxy groups -OCH3 is 1. The molecular weight excluding hydrogens is 220 g/mol. The summed E-state index contributed by atoms with van der Waals surface area (Å²) in [5.74, 6) is 0.696. The van der Waals surface area contributed by atoms with Crippen molar-refractivity contribution in [2.75, 3.05) is 7.11 Å². The van der Waals surface area contributed by atoms with Crippen molar-refractivity contribution in [3.05, 3.63) is 52.3 Å². The molecule has 2 aromatic rings. The number of hydrogen-bond donors (Lipinski definition) is 0. The van der Waals surface area contributed by atoms with E-state index in [1.54, 1.807) is 25.4 Å². The standard InChI is InChI=1S/C12H10N2O3/c1-17-10-2-3-12-11(8-10)9(4-6-13-12)5-7-14(15)16/h2-8H,1H3/b7-5+. The molecule has 0 unspecified atom stereocenters. The minimum Gasteiger partial charge on any atom is -0.497 e. The molecule has 0 amide bonds. The molecule has 0 aliphatic carbocycles. The Kier molecular flexibility index (Phi) is 3.00. The van der Waals surface area contributed by atoms with Crippen LogP contribution in [0, 0.1) is 10.1 Å². The van der Waals surface area contributed by atoms with Crippen LogP contribution in [-0.4, -0.2) is 17.0 Å². The van der Waals surface area contributed by atoms with Crippen LogP contribution in [0.2, 0.25) is 0 Å². The number of pyridine rings is 1. The van der Waals surface area contributed by atoms with E-state index < -0.39 is 4.92 Å². The third kappa shape index (κ3) is 2.39. The third-order valence-electron chi connectivity index (χ3n) is 2.36.